The third kappa shape index (κ3) is 8.20. The van der Waals surface area contributed by atoms with Crippen molar-refractivity contribution in [2.45, 2.75) is 45.3 Å². The minimum absolute atomic E-state index is 0.169. The summed E-state index contributed by atoms with van der Waals surface area (Å²) in [6.07, 6.45) is 0.355. The Morgan fingerprint density at radius 3 is 2.53 bits per heavy atom. The Hall–Kier alpha value is -0.810. The van der Waals surface area contributed by atoms with Crippen molar-refractivity contribution in [2.24, 2.45) is 5.73 Å². The van der Waals surface area contributed by atoms with Crippen molar-refractivity contribution in [1.82, 2.24) is 5.32 Å². The number of hydrogen-bond donors (Lipinski definition) is 3. The van der Waals surface area contributed by atoms with Crippen molar-refractivity contribution < 1.29 is 14.6 Å². The van der Waals surface area contributed by atoms with Crippen molar-refractivity contribution in [1.29, 1.82) is 0 Å². The second kappa shape index (κ2) is 6.63. The first-order valence-electron chi connectivity index (χ1n) is 5.18. The van der Waals surface area contributed by atoms with Gasteiger partial charge in [-0.05, 0) is 40.2 Å². The Labute approximate surface area is 91.0 Å². The van der Waals surface area contributed by atoms with Crippen LogP contribution in [0.15, 0.2) is 0 Å². The fraction of sp³-hybridized carbons (Fsp3) is 0.900. The van der Waals surface area contributed by atoms with Crippen LogP contribution in [0.3, 0.4) is 0 Å². The highest BCUT2D eigenvalue weighted by molar-refractivity contribution is 5.68. The van der Waals surface area contributed by atoms with E-state index in [1.54, 1.807) is 0 Å². The van der Waals surface area contributed by atoms with Crippen molar-refractivity contribution in [3.8, 4) is 0 Å². The van der Waals surface area contributed by atoms with Gasteiger partial charge in [0.1, 0.15) is 6.10 Å². The molecule has 0 fully saturated rings. The van der Waals surface area contributed by atoms with E-state index in [2.05, 4.69) is 5.32 Å². The Kier molecular flexibility index (Phi) is 6.27. The molecule has 0 aliphatic carbocycles. The Morgan fingerprint density at radius 1 is 1.53 bits per heavy atom. The van der Waals surface area contributed by atoms with Crippen LogP contribution in [0.4, 0.5) is 4.79 Å². The van der Waals surface area contributed by atoms with Gasteiger partial charge in [0.05, 0.1) is 6.61 Å². The predicted molar refractivity (Wildman–Crippen MR) is 58.5 cm³/mol. The van der Waals surface area contributed by atoms with E-state index >= 15 is 0 Å². The number of ether oxygens (including phenoxy) is 1. The maximum atomic E-state index is 11.3. The molecule has 0 saturated carbocycles. The van der Waals surface area contributed by atoms with Crippen molar-refractivity contribution in [3.63, 3.8) is 0 Å². The third-order valence-corrected chi connectivity index (χ3v) is 1.68. The Balaban J connectivity index is 3.91. The van der Waals surface area contributed by atoms with Crippen molar-refractivity contribution in [2.75, 3.05) is 13.2 Å². The molecule has 1 atom stereocenters. The number of carbonyl (C=O) groups is 1. The summed E-state index contributed by atoms with van der Waals surface area (Å²) in [4.78, 5) is 11.3. The number of nitrogens with one attached hydrogen (secondary N) is 1. The molecule has 5 nitrogen and oxygen atoms in total. The van der Waals surface area contributed by atoms with Crippen molar-refractivity contribution in [3.05, 3.63) is 0 Å². The van der Waals surface area contributed by atoms with E-state index in [1.807, 2.05) is 20.8 Å². The zero-order chi connectivity index (χ0) is 11.9. The van der Waals surface area contributed by atoms with E-state index in [4.69, 9.17) is 15.6 Å². The Bertz CT molecular complexity index is 190. The van der Waals surface area contributed by atoms with Crippen LogP contribution in [0, 0.1) is 0 Å². The summed E-state index contributed by atoms with van der Waals surface area (Å²) < 4.78 is 5.02. The molecule has 0 rings (SSSR count). The van der Waals surface area contributed by atoms with E-state index in [9.17, 15) is 4.79 Å². The van der Waals surface area contributed by atoms with Crippen LogP contribution in [0.2, 0.25) is 0 Å². The molecule has 0 aromatic carbocycles. The van der Waals surface area contributed by atoms with Gasteiger partial charge in [0.2, 0.25) is 0 Å². The molecule has 0 bridgehead atoms. The van der Waals surface area contributed by atoms with E-state index < -0.39 is 12.2 Å². The van der Waals surface area contributed by atoms with Crippen molar-refractivity contribution >= 4 is 6.09 Å². The monoisotopic (exact) mass is 218 g/mol. The van der Waals surface area contributed by atoms with Gasteiger partial charge >= 0.3 is 6.09 Å². The van der Waals surface area contributed by atoms with Crippen LogP contribution in [0.25, 0.3) is 0 Å². The number of alkyl carbamates (subject to hydrolysis) is 1. The van der Waals surface area contributed by atoms with Crippen LogP contribution in [0.1, 0.15) is 33.6 Å². The molecular weight excluding hydrogens is 196 g/mol. The summed E-state index contributed by atoms with van der Waals surface area (Å²) in [5.74, 6) is 0. The third-order valence-electron chi connectivity index (χ3n) is 1.68. The molecule has 0 aromatic heterocycles. The first-order chi connectivity index (χ1) is 6.89. The van der Waals surface area contributed by atoms with Gasteiger partial charge in [0.15, 0.2) is 0 Å². The molecule has 0 aliphatic rings. The summed E-state index contributed by atoms with van der Waals surface area (Å²) >= 11 is 0. The fourth-order valence-corrected chi connectivity index (χ4v) is 1.02. The lowest BCUT2D eigenvalue weighted by Gasteiger charge is -2.22. The van der Waals surface area contributed by atoms with Gasteiger partial charge in [-0.25, -0.2) is 4.79 Å². The summed E-state index contributed by atoms with van der Waals surface area (Å²) in [5, 5.41) is 11.6. The standard InChI is InChI=1S/C10H22N2O3/c1-10(2,3)12-9(14)15-8(7-13)5-4-6-11/h8,13H,4-7,11H2,1-3H3,(H,12,14)/t8-/m0/s1. The second-order valence-corrected chi connectivity index (χ2v) is 4.52. The molecule has 5 heteroatoms. The first kappa shape index (κ1) is 14.2. The molecular formula is C10H22N2O3. The zero-order valence-electron chi connectivity index (χ0n) is 9.75. The lowest BCUT2D eigenvalue weighted by molar-refractivity contribution is 0.0482. The van der Waals surface area contributed by atoms with Gasteiger partial charge in [0, 0.05) is 5.54 Å². The maximum Gasteiger partial charge on any atom is 0.407 e. The highest BCUT2D eigenvalue weighted by Gasteiger charge is 2.18. The molecule has 0 spiro atoms. The molecule has 0 aliphatic heterocycles. The highest BCUT2D eigenvalue weighted by atomic mass is 16.6. The average Bonchev–Trinajstić information content (AvgIpc) is 2.09. The lowest BCUT2D eigenvalue weighted by atomic mass is 10.1. The molecule has 15 heavy (non-hydrogen) atoms. The molecule has 0 aromatic rings. The normalized spacial score (nSPS) is 13.4. The number of rotatable bonds is 5. The number of aliphatic hydroxyl groups excluding tert-OH is 1. The second-order valence-electron chi connectivity index (χ2n) is 4.52. The summed E-state index contributed by atoms with van der Waals surface area (Å²) in [7, 11) is 0. The van der Waals surface area contributed by atoms with Gasteiger partial charge in [-0.15, -0.1) is 0 Å². The van der Waals surface area contributed by atoms with Crippen LogP contribution < -0.4 is 11.1 Å². The average molecular weight is 218 g/mol. The van der Waals surface area contributed by atoms with Gasteiger partial charge in [-0.3, -0.25) is 0 Å². The van der Waals surface area contributed by atoms with Gasteiger partial charge < -0.3 is 20.9 Å². The molecule has 0 radical (unpaired) electrons. The van der Waals surface area contributed by atoms with Gasteiger partial charge in [0.25, 0.3) is 0 Å². The largest absolute Gasteiger partial charge is 0.444 e. The minimum Gasteiger partial charge on any atom is -0.444 e. The Morgan fingerprint density at radius 2 is 2.13 bits per heavy atom. The van der Waals surface area contributed by atoms with Gasteiger partial charge in [-0.1, -0.05) is 0 Å². The van der Waals surface area contributed by atoms with E-state index in [0.29, 0.717) is 13.0 Å². The van der Waals surface area contributed by atoms with E-state index in [-0.39, 0.29) is 12.1 Å². The predicted octanol–water partition coefficient (Wildman–Crippen LogP) is 0.611. The summed E-state index contributed by atoms with van der Waals surface area (Å²) in [6, 6.07) is 0. The summed E-state index contributed by atoms with van der Waals surface area (Å²) in [6.45, 7) is 5.95. The SMILES string of the molecule is CC(C)(C)NC(=O)O[C@H](CO)CCCN. The highest BCUT2D eigenvalue weighted by Crippen LogP contribution is 2.04. The topological polar surface area (TPSA) is 84.6 Å². The molecule has 0 saturated heterocycles. The fourth-order valence-electron chi connectivity index (χ4n) is 1.02. The molecule has 90 valence electrons. The van der Waals surface area contributed by atoms with E-state index in [0.717, 1.165) is 6.42 Å². The quantitative estimate of drug-likeness (QED) is 0.631. The summed E-state index contributed by atoms with van der Waals surface area (Å²) in [5.41, 5.74) is 5.00. The van der Waals surface area contributed by atoms with Crippen LogP contribution in [-0.2, 0) is 4.74 Å². The van der Waals surface area contributed by atoms with Gasteiger partial charge in [-0.2, -0.15) is 0 Å². The number of nitrogens with two attached hydrogens (primary N) is 1. The number of carbonyl (C=O) groups excluding carboxylic acids is 1. The first-order valence-corrected chi connectivity index (χ1v) is 5.18. The van der Waals surface area contributed by atoms with Crippen LogP contribution >= 0.6 is 0 Å². The van der Waals surface area contributed by atoms with Crippen LogP contribution in [0.5, 0.6) is 0 Å². The van der Waals surface area contributed by atoms with E-state index in [1.165, 1.54) is 0 Å². The number of amides is 1. The zero-order valence-corrected chi connectivity index (χ0v) is 9.75. The molecule has 0 unspecified atom stereocenters. The molecule has 0 heterocycles. The number of hydrogen-bond acceptors (Lipinski definition) is 4. The van der Waals surface area contributed by atoms with Crippen LogP contribution in [-0.4, -0.2) is 36.0 Å². The number of aliphatic hydroxyl groups is 1. The minimum atomic E-state index is -0.501. The lowest BCUT2D eigenvalue weighted by Crippen LogP contribution is -2.42. The maximum absolute atomic E-state index is 11.3. The molecule has 4 N–H and O–H groups in total. The smallest absolute Gasteiger partial charge is 0.407 e. The molecule has 1 amide bonds.